The Morgan fingerprint density at radius 1 is 1.17 bits per heavy atom. The molecule has 1 saturated carbocycles. The van der Waals surface area contributed by atoms with Crippen LogP contribution < -0.4 is 5.73 Å². The van der Waals surface area contributed by atoms with E-state index < -0.39 is 0 Å². The van der Waals surface area contributed by atoms with Gasteiger partial charge < -0.3 is 10.6 Å². The van der Waals surface area contributed by atoms with Crippen molar-refractivity contribution >= 4 is 0 Å². The van der Waals surface area contributed by atoms with Gasteiger partial charge in [-0.25, -0.2) is 0 Å². The first-order chi connectivity index (χ1) is 5.90. The number of rotatable bonds is 2. The quantitative estimate of drug-likeness (QED) is 0.671. The predicted octanol–water partition coefficient (Wildman–Crippen LogP) is 1.21. The first-order valence-electron chi connectivity index (χ1n) is 5.34. The molecule has 2 aliphatic rings. The van der Waals surface area contributed by atoms with Gasteiger partial charge >= 0.3 is 0 Å². The first-order valence-corrected chi connectivity index (χ1v) is 5.34. The minimum Gasteiger partial charge on any atom is -0.330 e. The number of nitrogens with two attached hydrogens (primary N) is 1. The monoisotopic (exact) mass is 168 g/mol. The van der Waals surface area contributed by atoms with Crippen LogP contribution in [0.1, 0.15) is 32.1 Å². The van der Waals surface area contributed by atoms with Crippen molar-refractivity contribution in [2.75, 3.05) is 19.6 Å². The van der Waals surface area contributed by atoms with E-state index in [1.54, 1.807) is 0 Å². The van der Waals surface area contributed by atoms with Crippen LogP contribution in [0.3, 0.4) is 0 Å². The molecule has 1 saturated heterocycles. The van der Waals surface area contributed by atoms with Crippen LogP contribution in [-0.4, -0.2) is 30.6 Å². The van der Waals surface area contributed by atoms with Gasteiger partial charge in [0, 0.05) is 12.6 Å². The van der Waals surface area contributed by atoms with E-state index in [1.165, 1.54) is 45.2 Å². The maximum absolute atomic E-state index is 5.67. The lowest BCUT2D eigenvalue weighted by atomic mass is 10.1. The maximum atomic E-state index is 5.67. The Balaban J connectivity index is 1.81. The third-order valence-corrected chi connectivity index (χ3v) is 3.49. The van der Waals surface area contributed by atoms with Gasteiger partial charge in [0.05, 0.1) is 0 Å². The number of hydrogen-bond acceptors (Lipinski definition) is 2. The van der Waals surface area contributed by atoms with E-state index in [0.717, 1.165) is 18.5 Å². The van der Waals surface area contributed by atoms with Gasteiger partial charge in [0.1, 0.15) is 0 Å². The highest BCUT2D eigenvalue weighted by molar-refractivity contribution is 4.84. The van der Waals surface area contributed by atoms with Crippen LogP contribution in [-0.2, 0) is 0 Å². The topological polar surface area (TPSA) is 29.3 Å². The summed E-state index contributed by atoms with van der Waals surface area (Å²) >= 11 is 0. The maximum Gasteiger partial charge on any atom is 0.00953 e. The third kappa shape index (κ3) is 1.64. The van der Waals surface area contributed by atoms with Crippen molar-refractivity contribution in [1.82, 2.24) is 4.90 Å². The van der Waals surface area contributed by atoms with Crippen LogP contribution >= 0.6 is 0 Å². The fourth-order valence-electron chi connectivity index (χ4n) is 2.66. The lowest BCUT2D eigenvalue weighted by Crippen LogP contribution is -2.31. The van der Waals surface area contributed by atoms with Crippen molar-refractivity contribution in [3.8, 4) is 0 Å². The van der Waals surface area contributed by atoms with E-state index >= 15 is 0 Å². The zero-order valence-corrected chi connectivity index (χ0v) is 7.84. The molecule has 12 heavy (non-hydrogen) atoms. The molecule has 70 valence electrons. The molecule has 0 spiro atoms. The van der Waals surface area contributed by atoms with Crippen LogP contribution in [0.4, 0.5) is 0 Å². The molecule has 0 unspecified atom stereocenters. The van der Waals surface area contributed by atoms with E-state index in [-0.39, 0.29) is 0 Å². The third-order valence-electron chi connectivity index (χ3n) is 3.49. The van der Waals surface area contributed by atoms with Gasteiger partial charge in [-0.15, -0.1) is 0 Å². The van der Waals surface area contributed by atoms with Crippen LogP contribution in [0, 0.1) is 5.92 Å². The zero-order valence-electron chi connectivity index (χ0n) is 7.84. The SMILES string of the molecule is NC[C@@H]1CCN(C2CCCC2)C1. The summed E-state index contributed by atoms with van der Waals surface area (Å²) in [7, 11) is 0. The average Bonchev–Trinajstić information content (AvgIpc) is 2.75. The van der Waals surface area contributed by atoms with Crippen molar-refractivity contribution in [3.63, 3.8) is 0 Å². The molecule has 1 aliphatic heterocycles. The Hall–Kier alpha value is -0.0800. The number of likely N-dealkylation sites (tertiary alicyclic amines) is 1. The molecule has 0 amide bonds. The highest BCUT2D eigenvalue weighted by atomic mass is 15.2. The summed E-state index contributed by atoms with van der Waals surface area (Å²) in [6, 6.07) is 0.918. The Kier molecular flexibility index (Phi) is 2.66. The molecule has 0 bridgehead atoms. The fraction of sp³-hybridized carbons (Fsp3) is 1.00. The minimum atomic E-state index is 0.797. The molecule has 1 aliphatic carbocycles. The highest BCUT2D eigenvalue weighted by Crippen LogP contribution is 2.27. The van der Waals surface area contributed by atoms with E-state index in [2.05, 4.69) is 4.90 Å². The lowest BCUT2D eigenvalue weighted by molar-refractivity contribution is 0.238. The normalized spacial score (nSPS) is 33.2. The van der Waals surface area contributed by atoms with Crippen LogP contribution in [0.2, 0.25) is 0 Å². The Bertz CT molecular complexity index is 141. The van der Waals surface area contributed by atoms with Crippen LogP contribution in [0.25, 0.3) is 0 Å². The van der Waals surface area contributed by atoms with Crippen molar-refractivity contribution in [1.29, 1.82) is 0 Å². The van der Waals surface area contributed by atoms with Crippen LogP contribution in [0.15, 0.2) is 0 Å². The second-order valence-corrected chi connectivity index (χ2v) is 4.32. The van der Waals surface area contributed by atoms with E-state index in [9.17, 15) is 0 Å². The molecule has 2 heteroatoms. The van der Waals surface area contributed by atoms with Gasteiger partial charge in [-0.05, 0) is 38.3 Å². The number of nitrogens with zero attached hydrogens (tertiary/aromatic N) is 1. The van der Waals surface area contributed by atoms with Crippen molar-refractivity contribution in [3.05, 3.63) is 0 Å². The summed E-state index contributed by atoms with van der Waals surface area (Å²) in [5, 5.41) is 0. The van der Waals surface area contributed by atoms with E-state index in [4.69, 9.17) is 5.73 Å². The van der Waals surface area contributed by atoms with Gasteiger partial charge in [-0.2, -0.15) is 0 Å². The summed E-state index contributed by atoms with van der Waals surface area (Å²) in [5.41, 5.74) is 5.67. The van der Waals surface area contributed by atoms with Gasteiger partial charge in [-0.3, -0.25) is 0 Å². The van der Waals surface area contributed by atoms with Crippen molar-refractivity contribution in [2.45, 2.75) is 38.1 Å². The molecule has 0 aromatic heterocycles. The molecular formula is C10H20N2. The second kappa shape index (κ2) is 3.75. The second-order valence-electron chi connectivity index (χ2n) is 4.32. The Morgan fingerprint density at radius 3 is 2.50 bits per heavy atom. The van der Waals surface area contributed by atoms with Crippen LogP contribution in [0.5, 0.6) is 0 Å². The summed E-state index contributed by atoms with van der Waals surface area (Å²) in [4.78, 5) is 2.67. The minimum absolute atomic E-state index is 0.797. The molecule has 0 radical (unpaired) electrons. The molecule has 0 aromatic carbocycles. The highest BCUT2D eigenvalue weighted by Gasteiger charge is 2.28. The molecule has 0 aromatic rings. The molecule has 2 rings (SSSR count). The molecule has 1 atom stereocenters. The standard InChI is InChI=1S/C10H20N2/c11-7-9-5-6-12(8-9)10-3-1-2-4-10/h9-10H,1-8,11H2/t9-/m0/s1. The summed E-state index contributed by atoms with van der Waals surface area (Å²) in [6.45, 7) is 3.48. The molecule has 2 N–H and O–H groups in total. The zero-order chi connectivity index (χ0) is 8.39. The molecular weight excluding hydrogens is 148 g/mol. The van der Waals surface area contributed by atoms with E-state index in [0.29, 0.717) is 0 Å². The summed E-state index contributed by atoms with van der Waals surface area (Å²) in [5.74, 6) is 0.797. The fourth-order valence-corrected chi connectivity index (χ4v) is 2.66. The number of hydrogen-bond donors (Lipinski definition) is 1. The summed E-state index contributed by atoms with van der Waals surface area (Å²) < 4.78 is 0. The van der Waals surface area contributed by atoms with Gasteiger partial charge in [0.2, 0.25) is 0 Å². The van der Waals surface area contributed by atoms with Gasteiger partial charge in [-0.1, -0.05) is 12.8 Å². The van der Waals surface area contributed by atoms with Crippen molar-refractivity contribution in [2.24, 2.45) is 11.7 Å². The molecule has 2 nitrogen and oxygen atoms in total. The van der Waals surface area contributed by atoms with Crippen molar-refractivity contribution < 1.29 is 0 Å². The average molecular weight is 168 g/mol. The first kappa shape index (κ1) is 8.52. The van der Waals surface area contributed by atoms with Gasteiger partial charge in [0.25, 0.3) is 0 Å². The van der Waals surface area contributed by atoms with Gasteiger partial charge in [0.15, 0.2) is 0 Å². The Morgan fingerprint density at radius 2 is 1.92 bits per heavy atom. The molecule has 1 heterocycles. The smallest absolute Gasteiger partial charge is 0.00953 e. The molecule has 2 fully saturated rings. The largest absolute Gasteiger partial charge is 0.330 e. The lowest BCUT2D eigenvalue weighted by Gasteiger charge is -2.23. The predicted molar refractivity (Wildman–Crippen MR) is 51.0 cm³/mol. The Labute approximate surface area is 75.1 Å². The van der Waals surface area contributed by atoms with E-state index in [1.807, 2.05) is 0 Å². The summed E-state index contributed by atoms with van der Waals surface area (Å²) in [6.07, 6.45) is 7.13.